The normalized spacial score (nSPS) is 17.8. The molecule has 1 aromatic heterocycles. The number of hydrogen-bond donors (Lipinski definition) is 3. The molecule has 1 saturated heterocycles. The van der Waals surface area contributed by atoms with E-state index in [0.717, 1.165) is 25.3 Å². The summed E-state index contributed by atoms with van der Waals surface area (Å²) < 4.78 is 11.9. The highest BCUT2D eigenvalue weighted by Crippen LogP contribution is 2.32. The predicted molar refractivity (Wildman–Crippen MR) is 125 cm³/mol. The molecule has 1 aliphatic heterocycles. The van der Waals surface area contributed by atoms with Gasteiger partial charge in [-0.15, -0.1) is 0 Å². The van der Waals surface area contributed by atoms with Crippen LogP contribution in [0.5, 0.6) is 11.6 Å². The third-order valence-corrected chi connectivity index (χ3v) is 4.95. The average Bonchev–Trinajstić information content (AvgIpc) is 2.82. The second kappa shape index (κ2) is 13.9. The third kappa shape index (κ3) is 9.74. The first-order valence-corrected chi connectivity index (χ1v) is 11.0. The van der Waals surface area contributed by atoms with Gasteiger partial charge >= 0.3 is 11.9 Å². The highest BCUT2D eigenvalue weighted by molar-refractivity contribution is 5.89. The summed E-state index contributed by atoms with van der Waals surface area (Å²) in [5.41, 5.74) is 1.40. The molecule has 2 atom stereocenters. The predicted octanol–water partition coefficient (Wildman–Crippen LogP) is 3.60. The first kappa shape index (κ1) is 25.9. The first-order chi connectivity index (χ1) is 15.9. The highest BCUT2D eigenvalue weighted by atomic mass is 16.5. The maximum absolute atomic E-state index is 9.55. The average molecular weight is 457 g/mol. The molecule has 1 aliphatic rings. The molecule has 0 spiro atoms. The van der Waals surface area contributed by atoms with Crippen molar-refractivity contribution < 1.29 is 29.3 Å². The quantitative estimate of drug-likeness (QED) is 0.490. The molecule has 8 nitrogen and oxygen atoms in total. The van der Waals surface area contributed by atoms with E-state index in [1.807, 2.05) is 12.1 Å². The number of pyridine rings is 1. The second-order valence-electron chi connectivity index (χ2n) is 8.10. The van der Waals surface area contributed by atoms with Crippen LogP contribution < -0.4 is 14.8 Å². The van der Waals surface area contributed by atoms with Crippen molar-refractivity contribution in [3.63, 3.8) is 0 Å². The van der Waals surface area contributed by atoms with Crippen LogP contribution in [0.1, 0.15) is 31.7 Å². The standard InChI is InChI=1S/C21H28N2O2.C4H4O4/c1-16(2)14-25-21-20(9-6-11-23-21)24-15-18-13-22-12-10-19(18)17-7-4-3-5-8-17;5-3(6)1-2-4(7)8/h3-9,11,16,18-19,22H,10,12-15H2,1-2H3;1-2H,(H,5,6)(H,7,8)/b;2-1+/t18-,19-;/m0./s1. The first-order valence-electron chi connectivity index (χ1n) is 11.0. The molecule has 1 fully saturated rings. The van der Waals surface area contributed by atoms with E-state index in [2.05, 4.69) is 54.5 Å². The molecule has 1 aromatic carbocycles. The summed E-state index contributed by atoms with van der Waals surface area (Å²) in [6.45, 7) is 7.60. The van der Waals surface area contributed by atoms with Gasteiger partial charge in [-0.1, -0.05) is 44.2 Å². The number of benzene rings is 1. The molecule has 0 unspecified atom stereocenters. The van der Waals surface area contributed by atoms with E-state index in [1.165, 1.54) is 5.56 Å². The number of carboxylic acid groups (broad SMARTS) is 2. The van der Waals surface area contributed by atoms with E-state index in [1.54, 1.807) is 6.20 Å². The fraction of sp³-hybridized carbons (Fsp3) is 0.400. The van der Waals surface area contributed by atoms with Gasteiger partial charge in [0.15, 0.2) is 5.75 Å². The minimum absolute atomic E-state index is 0.439. The summed E-state index contributed by atoms with van der Waals surface area (Å²) in [4.78, 5) is 23.4. The van der Waals surface area contributed by atoms with Crippen LogP contribution in [0.2, 0.25) is 0 Å². The minimum atomic E-state index is -1.26. The Bertz CT molecular complexity index is 885. The van der Waals surface area contributed by atoms with Crippen LogP contribution in [0, 0.1) is 11.8 Å². The minimum Gasteiger partial charge on any atom is -0.488 e. The molecule has 2 heterocycles. The fourth-order valence-electron chi connectivity index (χ4n) is 3.42. The van der Waals surface area contributed by atoms with Gasteiger partial charge in [-0.2, -0.15) is 0 Å². The molecular formula is C25H32N2O6. The number of carboxylic acids is 2. The SMILES string of the molecule is CC(C)COc1ncccc1OC[C@@H]1CNCC[C@H]1c1ccccc1.O=C(O)/C=C/C(=O)O. The lowest BCUT2D eigenvalue weighted by molar-refractivity contribution is -0.134. The summed E-state index contributed by atoms with van der Waals surface area (Å²) in [6.07, 6.45) is 4.00. The van der Waals surface area contributed by atoms with Crippen molar-refractivity contribution in [2.45, 2.75) is 26.2 Å². The Hall–Kier alpha value is -3.39. The smallest absolute Gasteiger partial charge is 0.328 e. The van der Waals surface area contributed by atoms with Gasteiger partial charge in [0.2, 0.25) is 0 Å². The topological polar surface area (TPSA) is 118 Å². The molecule has 3 N–H and O–H groups in total. The maximum Gasteiger partial charge on any atom is 0.328 e. The molecule has 178 valence electrons. The lowest BCUT2D eigenvalue weighted by atomic mass is 9.81. The van der Waals surface area contributed by atoms with Crippen LogP contribution in [0.25, 0.3) is 0 Å². The van der Waals surface area contributed by atoms with Crippen molar-refractivity contribution in [1.82, 2.24) is 10.3 Å². The number of piperidine rings is 1. The van der Waals surface area contributed by atoms with Crippen molar-refractivity contribution in [2.75, 3.05) is 26.3 Å². The van der Waals surface area contributed by atoms with Crippen molar-refractivity contribution in [3.05, 3.63) is 66.4 Å². The van der Waals surface area contributed by atoms with Crippen molar-refractivity contribution in [2.24, 2.45) is 11.8 Å². The molecule has 0 saturated carbocycles. The Morgan fingerprint density at radius 3 is 2.42 bits per heavy atom. The van der Waals surface area contributed by atoms with Crippen molar-refractivity contribution >= 4 is 11.9 Å². The molecular weight excluding hydrogens is 424 g/mol. The van der Waals surface area contributed by atoms with Crippen molar-refractivity contribution in [3.8, 4) is 11.6 Å². The fourth-order valence-corrected chi connectivity index (χ4v) is 3.42. The lowest BCUT2D eigenvalue weighted by Crippen LogP contribution is -2.38. The number of aliphatic carboxylic acids is 2. The van der Waals surface area contributed by atoms with Gasteiger partial charge in [-0.25, -0.2) is 14.6 Å². The number of aromatic nitrogens is 1. The Labute approximate surface area is 194 Å². The zero-order valence-electron chi connectivity index (χ0n) is 19.0. The van der Waals surface area contributed by atoms with Crippen LogP contribution in [-0.2, 0) is 9.59 Å². The van der Waals surface area contributed by atoms with Gasteiger partial charge in [0.1, 0.15) is 0 Å². The van der Waals surface area contributed by atoms with Gasteiger partial charge in [0, 0.05) is 30.8 Å². The van der Waals surface area contributed by atoms with E-state index >= 15 is 0 Å². The third-order valence-electron chi connectivity index (χ3n) is 4.95. The van der Waals surface area contributed by atoms with Crippen LogP contribution in [-0.4, -0.2) is 53.4 Å². The summed E-state index contributed by atoms with van der Waals surface area (Å²) >= 11 is 0. The van der Waals surface area contributed by atoms with E-state index in [-0.39, 0.29) is 0 Å². The maximum atomic E-state index is 9.55. The molecule has 0 aliphatic carbocycles. The second-order valence-corrected chi connectivity index (χ2v) is 8.10. The zero-order chi connectivity index (χ0) is 24.1. The Kier molecular flexibility index (Phi) is 10.9. The van der Waals surface area contributed by atoms with Crippen LogP contribution in [0.15, 0.2) is 60.8 Å². The largest absolute Gasteiger partial charge is 0.488 e. The Balaban J connectivity index is 0.000000414. The van der Waals surface area contributed by atoms with Crippen LogP contribution >= 0.6 is 0 Å². The molecule has 0 bridgehead atoms. The number of carbonyl (C=O) groups is 2. The summed E-state index contributed by atoms with van der Waals surface area (Å²) in [7, 11) is 0. The van der Waals surface area contributed by atoms with Crippen molar-refractivity contribution in [1.29, 1.82) is 0 Å². The monoisotopic (exact) mass is 456 g/mol. The van der Waals surface area contributed by atoms with E-state index in [9.17, 15) is 9.59 Å². The molecule has 3 rings (SSSR count). The van der Waals surface area contributed by atoms with E-state index < -0.39 is 11.9 Å². The molecule has 33 heavy (non-hydrogen) atoms. The molecule has 2 aromatic rings. The zero-order valence-corrected chi connectivity index (χ0v) is 19.0. The van der Waals surface area contributed by atoms with E-state index in [0.29, 0.717) is 49.0 Å². The van der Waals surface area contributed by atoms with Gasteiger partial charge in [0.25, 0.3) is 5.88 Å². The van der Waals surface area contributed by atoms with Crippen LogP contribution in [0.4, 0.5) is 0 Å². The van der Waals surface area contributed by atoms with E-state index in [4.69, 9.17) is 19.7 Å². The summed E-state index contributed by atoms with van der Waals surface area (Å²) in [5, 5.41) is 19.1. The number of hydrogen-bond acceptors (Lipinski definition) is 6. The molecule has 8 heteroatoms. The molecule has 0 radical (unpaired) electrons. The Morgan fingerprint density at radius 1 is 1.09 bits per heavy atom. The number of rotatable bonds is 9. The highest BCUT2D eigenvalue weighted by Gasteiger charge is 2.27. The lowest BCUT2D eigenvalue weighted by Gasteiger charge is -2.32. The van der Waals surface area contributed by atoms with Gasteiger partial charge in [-0.3, -0.25) is 0 Å². The molecule has 0 amide bonds. The van der Waals surface area contributed by atoms with Gasteiger partial charge < -0.3 is 25.0 Å². The summed E-state index contributed by atoms with van der Waals surface area (Å²) in [5.74, 6) is 0.241. The van der Waals surface area contributed by atoms with Gasteiger partial charge in [0.05, 0.1) is 13.2 Å². The Morgan fingerprint density at radius 2 is 1.79 bits per heavy atom. The summed E-state index contributed by atoms with van der Waals surface area (Å²) in [6, 6.07) is 14.6. The van der Waals surface area contributed by atoms with Crippen LogP contribution in [0.3, 0.4) is 0 Å². The van der Waals surface area contributed by atoms with Gasteiger partial charge in [-0.05, 0) is 42.5 Å². The number of ether oxygens (including phenoxy) is 2. The number of nitrogens with one attached hydrogen (secondary N) is 1. The number of nitrogens with zero attached hydrogens (tertiary/aromatic N) is 1.